The molecular formula is C32H29F2NO3. The van der Waals surface area contributed by atoms with Crippen LogP contribution in [0, 0.1) is 23.0 Å². The van der Waals surface area contributed by atoms with Gasteiger partial charge >= 0.3 is 0 Å². The first kappa shape index (κ1) is 24.5. The van der Waals surface area contributed by atoms with E-state index >= 15 is 0 Å². The predicted molar refractivity (Wildman–Crippen MR) is 143 cm³/mol. The predicted octanol–water partition coefficient (Wildman–Crippen LogP) is 7.73. The molecule has 1 N–H and O–H groups in total. The molecule has 0 aliphatic heterocycles. The van der Waals surface area contributed by atoms with Crippen molar-refractivity contribution < 1.29 is 22.8 Å². The van der Waals surface area contributed by atoms with Crippen molar-refractivity contribution in [3.05, 3.63) is 82.9 Å². The highest BCUT2D eigenvalue weighted by atomic mass is 19.1. The summed E-state index contributed by atoms with van der Waals surface area (Å²) < 4.78 is 34.6. The number of halogens is 2. The summed E-state index contributed by atoms with van der Waals surface area (Å²) in [7, 11) is 1.55. The third-order valence-electron chi connectivity index (χ3n) is 8.27. The maximum absolute atomic E-state index is 14.9. The number of carbonyl (C=O) groups excluding carboxylic acids is 2. The van der Waals surface area contributed by atoms with Crippen molar-refractivity contribution >= 4 is 22.7 Å². The number of amides is 1. The van der Waals surface area contributed by atoms with Gasteiger partial charge in [0.15, 0.2) is 5.78 Å². The van der Waals surface area contributed by atoms with E-state index < -0.39 is 5.82 Å². The third kappa shape index (κ3) is 4.03. The fourth-order valence-electron chi connectivity index (χ4n) is 6.30. The van der Waals surface area contributed by atoms with Crippen molar-refractivity contribution in [2.75, 3.05) is 7.05 Å². The third-order valence-corrected chi connectivity index (χ3v) is 8.27. The number of carbonyl (C=O) groups is 2. The van der Waals surface area contributed by atoms with Crippen LogP contribution in [0.3, 0.4) is 0 Å². The minimum atomic E-state index is -0.503. The van der Waals surface area contributed by atoms with E-state index in [1.807, 2.05) is 12.1 Å². The Balaban J connectivity index is 1.48. The fraction of sp³-hybridized carbons (Fsp3) is 0.312. The first-order valence-electron chi connectivity index (χ1n) is 13.2. The van der Waals surface area contributed by atoms with Crippen LogP contribution in [0.25, 0.3) is 33.4 Å². The number of benzene rings is 3. The van der Waals surface area contributed by atoms with Crippen molar-refractivity contribution in [1.29, 1.82) is 0 Å². The summed E-state index contributed by atoms with van der Waals surface area (Å²) in [6, 6.07) is 14.3. The Hall–Kier alpha value is -3.80. The van der Waals surface area contributed by atoms with Crippen LogP contribution in [0.2, 0.25) is 0 Å². The molecule has 0 radical (unpaired) electrons. The monoisotopic (exact) mass is 513 g/mol. The molecule has 3 aliphatic rings. The smallest absolute Gasteiger partial charge is 0.255 e. The molecule has 6 heteroatoms. The molecule has 4 aromatic rings. The summed E-state index contributed by atoms with van der Waals surface area (Å²) in [6.45, 7) is 2.07. The highest BCUT2D eigenvalue weighted by Gasteiger charge is 2.57. The zero-order valence-electron chi connectivity index (χ0n) is 21.5. The molecule has 3 aromatic carbocycles. The van der Waals surface area contributed by atoms with Gasteiger partial charge in [-0.3, -0.25) is 9.59 Å². The molecule has 3 saturated carbocycles. The lowest BCUT2D eigenvalue weighted by molar-refractivity contribution is -0.103. The molecule has 1 amide bonds. The molecule has 4 nitrogen and oxygen atoms in total. The molecule has 2 bridgehead atoms. The first-order valence-corrected chi connectivity index (χ1v) is 13.2. The first-order chi connectivity index (χ1) is 18.3. The van der Waals surface area contributed by atoms with E-state index in [1.165, 1.54) is 18.2 Å². The quantitative estimate of drug-likeness (QED) is 0.245. The van der Waals surface area contributed by atoms with Crippen LogP contribution >= 0.6 is 0 Å². The summed E-state index contributed by atoms with van der Waals surface area (Å²) in [5, 5.41) is 3.28. The molecular weight excluding hydrogens is 484 g/mol. The Morgan fingerprint density at radius 2 is 1.71 bits per heavy atom. The van der Waals surface area contributed by atoms with Gasteiger partial charge in [0, 0.05) is 24.4 Å². The number of hydrogen-bond acceptors (Lipinski definition) is 3. The van der Waals surface area contributed by atoms with E-state index in [0.29, 0.717) is 34.3 Å². The lowest BCUT2D eigenvalue weighted by atomic mass is 9.43. The lowest BCUT2D eigenvalue weighted by Gasteiger charge is -2.62. The van der Waals surface area contributed by atoms with E-state index in [1.54, 1.807) is 31.3 Å². The van der Waals surface area contributed by atoms with Crippen molar-refractivity contribution in [3.63, 3.8) is 0 Å². The largest absolute Gasteiger partial charge is 0.455 e. The second-order valence-corrected chi connectivity index (χ2v) is 10.9. The average Bonchev–Trinajstić information content (AvgIpc) is 3.23. The maximum Gasteiger partial charge on any atom is 0.255 e. The molecule has 1 heterocycles. The highest BCUT2D eigenvalue weighted by Crippen LogP contribution is 2.66. The summed E-state index contributed by atoms with van der Waals surface area (Å²) in [4.78, 5) is 26.2. The standard InChI is InChI=1S/C32H29F2NO3/c1-3-4-20-12-28-25(29(31(37)35-2)30(38-28)19-5-8-22(33)9-6-19)13-23(20)21-7-10-26(34)24(11-21)27(36)17-32-14-18(15-32)16-32/h5-13,18H,3-4,14-17H2,1-2H3,(H,35,37). The summed E-state index contributed by atoms with van der Waals surface area (Å²) in [5.74, 6) is -0.246. The van der Waals surface area contributed by atoms with Crippen molar-refractivity contribution in [1.82, 2.24) is 5.32 Å². The number of fused-ring (bicyclic) bond motifs is 1. The number of furan rings is 1. The van der Waals surface area contributed by atoms with Crippen molar-refractivity contribution in [2.45, 2.75) is 45.4 Å². The van der Waals surface area contributed by atoms with Crippen LogP contribution in [0.15, 0.2) is 59.0 Å². The molecule has 194 valence electrons. The van der Waals surface area contributed by atoms with Crippen LogP contribution in [-0.2, 0) is 6.42 Å². The minimum absolute atomic E-state index is 0.0897. The Labute approximate surface area is 220 Å². The minimum Gasteiger partial charge on any atom is -0.455 e. The lowest BCUT2D eigenvalue weighted by Crippen LogP contribution is -2.52. The Morgan fingerprint density at radius 3 is 2.34 bits per heavy atom. The van der Waals surface area contributed by atoms with Gasteiger partial charge < -0.3 is 9.73 Å². The van der Waals surface area contributed by atoms with Gasteiger partial charge in [-0.25, -0.2) is 8.78 Å². The molecule has 1 aromatic heterocycles. The fourth-order valence-corrected chi connectivity index (χ4v) is 6.30. The van der Waals surface area contributed by atoms with Crippen LogP contribution in [0.5, 0.6) is 0 Å². The van der Waals surface area contributed by atoms with Gasteiger partial charge in [-0.05, 0) is 102 Å². The Bertz CT molecular complexity index is 1570. The van der Waals surface area contributed by atoms with Crippen LogP contribution in [0.4, 0.5) is 8.78 Å². The molecule has 0 atom stereocenters. The van der Waals surface area contributed by atoms with E-state index in [9.17, 15) is 18.4 Å². The Morgan fingerprint density at radius 1 is 1.00 bits per heavy atom. The van der Waals surface area contributed by atoms with Crippen molar-refractivity contribution in [3.8, 4) is 22.5 Å². The SMILES string of the molecule is CCCc1cc2oc(-c3ccc(F)cc3)c(C(=O)NC)c2cc1-c1ccc(F)c(C(=O)CC23CC(C2)C3)c1. The molecule has 0 unspecified atom stereocenters. The van der Waals surface area contributed by atoms with Gasteiger partial charge in [-0.15, -0.1) is 0 Å². The van der Waals surface area contributed by atoms with Gasteiger partial charge in [0.25, 0.3) is 5.91 Å². The number of rotatable bonds is 8. The molecule has 3 fully saturated rings. The van der Waals surface area contributed by atoms with Crippen molar-refractivity contribution in [2.24, 2.45) is 11.3 Å². The van der Waals surface area contributed by atoms with Gasteiger partial charge in [0.05, 0.1) is 11.1 Å². The van der Waals surface area contributed by atoms with Gasteiger partial charge in [0.1, 0.15) is 23.0 Å². The van der Waals surface area contributed by atoms with Gasteiger partial charge in [-0.1, -0.05) is 19.4 Å². The molecule has 38 heavy (non-hydrogen) atoms. The van der Waals surface area contributed by atoms with Gasteiger partial charge in [0.2, 0.25) is 0 Å². The Kier molecular flexibility index (Phi) is 5.93. The second-order valence-electron chi connectivity index (χ2n) is 10.9. The summed E-state index contributed by atoms with van der Waals surface area (Å²) >= 11 is 0. The van der Waals surface area contributed by atoms with E-state index in [0.717, 1.165) is 54.7 Å². The second kappa shape index (κ2) is 9.19. The number of ketones is 1. The highest BCUT2D eigenvalue weighted by molar-refractivity contribution is 6.12. The van der Waals surface area contributed by atoms with E-state index in [4.69, 9.17) is 4.42 Å². The van der Waals surface area contributed by atoms with E-state index in [-0.39, 0.29) is 28.5 Å². The summed E-state index contributed by atoms with van der Waals surface area (Å²) in [5.41, 5.74) is 4.22. The number of Topliss-reactive ketones (excluding diaryl/α,β-unsaturated/α-hetero) is 1. The molecule has 3 aliphatic carbocycles. The van der Waals surface area contributed by atoms with Crippen LogP contribution < -0.4 is 5.32 Å². The molecule has 0 spiro atoms. The zero-order valence-corrected chi connectivity index (χ0v) is 21.5. The number of aryl methyl sites for hydroxylation is 1. The van der Waals surface area contributed by atoms with Crippen LogP contribution in [-0.4, -0.2) is 18.7 Å². The summed E-state index contributed by atoms with van der Waals surface area (Å²) in [6.07, 6.45) is 5.24. The molecule has 0 saturated heterocycles. The number of hydrogen-bond donors (Lipinski definition) is 1. The zero-order chi connectivity index (χ0) is 26.6. The maximum atomic E-state index is 14.9. The van der Waals surface area contributed by atoms with E-state index in [2.05, 4.69) is 12.2 Å². The van der Waals surface area contributed by atoms with Crippen LogP contribution in [0.1, 0.15) is 65.3 Å². The average molecular weight is 514 g/mol. The molecule has 7 rings (SSSR count). The topological polar surface area (TPSA) is 59.3 Å². The normalized spacial score (nSPS) is 19.6. The number of nitrogens with one attached hydrogen (secondary N) is 1. The van der Waals surface area contributed by atoms with Gasteiger partial charge in [-0.2, -0.15) is 0 Å².